The molecule has 0 aromatic rings. The molecule has 0 bridgehead atoms. The van der Waals surface area contributed by atoms with Gasteiger partial charge < -0.3 is 14.7 Å². The maximum atomic E-state index is 13.1. The number of hydrogen-bond donors (Lipinski definition) is 0. The molecule has 3 saturated carbocycles. The van der Waals surface area contributed by atoms with Crippen molar-refractivity contribution in [1.29, 1.82) is 0 Å². The van der Waals surface area contributed by atoms with E-state index < -0.39 is 0 Å². The van der Waals surface area contributed by atoms with Gasteiger partial charge >= 0.3 is 0 Å². The molecule has 3 unspecified atom stereocenters. The molecule has 3 amide bonds. The molecule has 3 aliphatic carbocycles. The lowest BCUT2D eigenvalue weighted by Gasteiger charge is -2.55. The van der Waals surface area contributed by atoms with E-state index in [1.807, 2.05) is 0 Å². The molecule has 4 atom stereocenters. The van der Waals surface area contributed by atoms with Gasteiger partial charge in [-0.25, -0.2) is 0 Å². The molecule has 2 aliphatic heterocycles. The van der Waals surface area contributed by atoms with Crippen LogP contribution in [0.5, 0.6) is 0 Å². The summed E-state index contributed by atoms with van der Waals surface area (Å²) in [6, 6.07) is 0.967. The van der Waals surface area contributed by atoms with Crippen LogP contribution in [0.2, 0.25) is 0 Å². The number of piperazine rings is 1. The molecule has 0 aromatic heterocycles. The third-order valence-corrected chi connectivity index (χ3v) is 9.05. The number of likely N-dealkylation sites (tertiary alicyclic amines) is 1. The maximum Gasteiger partial charge on any atom is 0.226 e. The van der Waals surface area contributed by atoms with Crippen LogP contribution < -0.4 is 0 Å². The van der Waals surface area contributed by atoms with Crippen molar-refractivity contribution in [1.82, 2.24) is 14.7 Å². The minimum absolute atomic E-state index is 0.117. The number of rotatable bonds is 3. The molecule has 2 heterocycles. The normalized spacial score (nSPS) is 38.9. The van der Waals surface area contributed by atoms with E-state index in [1.54, 1.807) is 6.92 Å². The molecule has 5 aliphatic rings. The summed E-state index contributed by atoms with van der Waals surface area (Å²) >= 11 is 0. The van der Waals surface area contributed by atoms with Crippen molar-refractivity contribution in [3.63, 3.8) is 0 Å². The SMILES string of the molecule is CC(=O)N1C2CCC(C3CCC(N4CCCC4=O)CC3)CC2N(C(=O)C2CC2)C[C@@H]1C. The highest BCUT2D eigenvalue weighted by molar-refractivity contribution is 5.82. The van der Waals surface area contributed by atoms with E-state index in [0.29, 0.717) is 36.2 Å². The van der Waals surface area contributed by atoms with E-state index in [0.717, 1.165) is 57.9 Å². The third-order valence-electron chi connectivity index (χ3n) is 9.05. The lowest BCUT2D eigenvalue weighted by Crippen LogP contribution is -2.67. The second kappa shape index (κ2) is 8.40. The average molecular weight is 430 g/mol. The van der Waals surface area contributed by atoms with Crippen molar-refractivity contribution in [2.45, 2.75) is 109 Å². The Bertz CT molecular complexity index is 728. The highest BCUT2D eigenvalue weighted by Gasteiger charge is 2.49. The number of carbonyl (C=O) groups excluding carboxylic acids is 3. The smallest absolute Gasteiger partial charge is 0.226 e. The number of nitrogens with zero attached hydrogens (tertiary/aromatic N) is 3. The zero-order valence-corrected chi connectivity index (χ0v) is 19.3. The molecule has 5 rings (SSSR count). The van der Waals surface area contributed by atoms with Crippen LogP contribution in [0.1, 0.15) is 84.5 Å². The van der Waals surface area contributed by atoms with Crippen molar-refractivity contribution in [2.75, 3.05) is 13.1 Å². The van der Waals surface area contributed by atoms with Crippen LogP contribution in [0.25, 0.3) is 0 Å². The molecule has 31 heavy (non-hydrogen) atoms. The first-order valence-electron chi connectivity index (χ1n) is 12.8. The van der Waals surface area contributed by atoms with Crippen molar-refractivity contribution in [2.24, 2.45) is 17.8 Å². The monoisotopic (exact) mass is 429 g/mol. The first-order chi connectivity index (χ1) is 14.9. The molecular weight excluding hydrogens is 390 g/mol. The van der Waals surface area contributed by atoms with Crippen LogP contribution in [0.3, 0.4) is 0 Å². The highest BCUT2D eigenvalue weighted by Crippen LogP contribution is 2.45. The fourth-order valence-corrected chi connectivity index (χ4v) is 7.39. The van der Waals surface area contributed by atoms with E-state index in [9.17, 15) is 14.4 Å². The van der Waals surface area contributed by atoms with Gasteiger partial charge in [0, 0.05) is 44.4 Å². The minimum Gasteiger partial charge on any atom is -0.340 e. The standard InChI is InChI=1S/C25H39N3O3/c1-16-15-27(25(31)19-5-6-19)23-14-20(9-12-22(23)28(16)17(2)29)18-7-10-21(11-8-18)26-13-3-4-24(26)30/h16,18-23H,3-15H2,1-2H3/t16-,18?,20?,21?,22?,23?/m0/s1. The van der Waals surface area contributed by atoms with Gasteiger partial charge in [-0.1, -0.05) is 0 Å². The van der Waals surface area contributed by atoms with Crippen molar-refractivity contribution >= 4 is 17.7 Å². The van der Waals surface area contributed by atoms with E-state index in [1.165, 1.54) is 19.3 Å². The van der Waals surface area contributed by atoms with Crippen LogP contribution in [-0.4, -0.2) is 69.7 Å². The van der Waals surface area contributed by atoms with Gasteiger partial charge in [0.05, 0.1) is 12.1 Å². The summed E-state index contributed by atoms with van der Waals surface area (Å²) in [5, 5.41) is 0. The summed E-state index contributed by atoms with van der Waals surface area (Å²) in [4.78, 5) is 44.1. The molecule has 0 N–H and O–H groups in total. The Kier molecular flexibility index (Phi) is 5.76. The van der Waals surface area contributed by atoms with Gasteiger partial charge in [-0.05, 0) is 83.0 Å². The zero-order chi connectivity index (χ0) is 21.7. The lowest BCUT2D eigenvalue weighted by molar-refractivity contribution is -0.155. The summed E-state index contributed by atoms with van der Waals surface area (Å²) in [6.07, 6.45) is 11.8. The molecular formula is C25H39N3O3. The molecule has 0 spiro atoms. The Morgan fingerprint density at radius 1 is 0.903 bits per heavy atom. The van der Waals surface area contributed by atoms with Crippen LogP contribution >= 0.6 is 0 Å². The fourth-order valence-electron chi connectivity index (χ4n) is 7.39. The van der Waals surface area contributed by atoms with Gasteiger partial charge in [0.25, 0.3) is 0 Å². The largest absolute Gasteiger partial charge is 0.340 e. The van der Waals surface area contributed by atoms with E-state index in [2.05, 4.69) is 21.6 Å². The predicted molar refractivity (Wildman–Crippen MR) is 118 cm³/mol. The molecule has 2 saturated heterocycles. The predicted octanol–water partition coefficient (Wildman–Crippen LogP) is 3.19. The number of amides is 3. The van der Waals surface area contributed by atoms with E-state index >= 15 is 0 Å². The quantitative estimate of drug-likeness (QED) is 0.692. The van der Waals surface area contributed by atoms with E-state index in [-0.39, 0.29) is 30.0 Å². The molecule has 5 fully saturated rings. The second-order valence-electron chi connectivity index (χ2n) is 11.0. The van der Waals surface area contributed by atoms with Gasteiger partial charge in [-0.2, -0.15) is 0 Å². The molecule has 172 valence electrons. The number of carbonyl (C=O) groups is 3. The summed E-state index contributed by atoms with van der Waals surface area (Å²) in [7, 11) is 0. The summed E-state index contributed by atoms with van der Waals surface area (Å²) < 4.78 is 0. The van der Waals surface area contributed by atoms with E-state index in [4.69, 9.17) is 0 Å². The fraction of sp³-hybridized carbons (Fsp3) is 0.880. The first-order valence-corrected chi connectivity index (χ1v) is 12.8. The van der Waals surface area contributed by atoms with Crippen LogP contribution in [0.15, 0.2) is 0 Å². The third kappa shape index (κ3) is 4.00. The second-order valence-corrected chi connectivity index (χ2v) is 11.0. The van der Waals surface area contributed by atoms with Crippen LogP contribution in [0.4, 0.5) is 0 Å². The Morgan fingerprint density at radius 2 is 1.61 bits per heavy atom. The molecule has 6 nitrogen and oxygen atoms in total. The van der Waals surface area contributed by atoms with Gasteiger partial charge in [0.2, 0.25) is 17.7 Å². The minimum atomic E-state index is 0.117. The van der Waals surface area contributed by atoms with Crippen LogP contribution in [0, 0.1) is 17.8 Å². The highest BCUT2D eigenvalue weighted by atomic mass is 16.2. The average Bonchev–Trinajstić information content (AvgIpc) is 3.53. The summed E-state index contributed by atoms with van der Waals surface area (Å²) in [5.41, 5.74) is 0. The molecule has 0 aromatic carbocycles. The van der Waals surface area contributed by atoms with Crippen molar-refractivity contribution in [3.05, 3.63) is 0 Å². The Labute approximate surface area is 186 Å². The van der Waals surface area contributed by atoms with Crippen molar-refractivity contribution in [3.8, 4) is 0 Å². The van der Waals surface area contributed by atoms with Gasteiger partial charge in [0.15, 0.2) is 0 Å². The zero-order valence-electron chi connectivity index (χ0n) is 19.3. The molecule has 6 heteroatoms. The Balaban J connectivity index is 1.26. The Morgan fingerprint density at radius 3 is 2.23 bits per heavy atom. The van der Waals surface area contributed by atoms with Crippen molar-refractivity contribution < 1.29 is 14.4 Å². The summed E-state index contributed by atoms with van der Waals surface area (Å²) in [5.74, 6) is 2.47. The number of hydrogen-bond acceptors (Lipinski definition) is 3. The van der Waals surface area contributed by atoms with Gasteiger partial charge in [0.1, 0.15) is 0 Å². The Hall–Kier alpha value is -1.59. The lowest BCUT2D eigenvalue weighted by atomic mass is 9.68. The number of fused-ring (bicyclic) bond motifs is 1. The first kappa shape index (κ1) is 21.3. The van der Waals surface area contributed by atoms with Gasteiger partial charge in [-0.3, -0.25) is 14.4 Å². The van der Waals surface area contributed by atoms with Gasteiger partial charge in [-0.15, -0.1) is 0 Å². The van der Waals surface area contributed by atoms with Crippen LogP contribution in [-0.2, 0) is 14.4 Å². The maximum absolute atomic E-state index is 13.1. The summed E-state index contributed by atoms with van der Waals surface area (Å²) in [6.45, 7) is 5.46. The topological polar surface area (TPSA) is 60.9 Å². The molecule has 0 radical (unpaired) electrons.